The van der Waals surface area contributed by atoms with Crippen molar-refractivity contribution < 1.29 is 14.0 Å². The predicted octanol–water partition coefficient (Wildman–Crippen LogP) is 2.76. The molecule has 0 radical (unpaired) electrons. The Labute approximate surface area is 106 Å². The number of esters is 1. The normalized spacial score (nSPS) is 11.2. The summed E-state index contributed by atoms with van der Waals surface area (Å²) in [6, 6.07) is 0. The summed E-state index contributed by atoms with van der Waals surface area (Å²) < 4.78 is 6.14. The van der Waals surface area contributed by atoms with Crippen LogP contribution < -0.4 is 0 Å². The monoisotopic (exact) mass is 242 g/mol. The van der Waals surface area contributed by atoms with Crippen LogP contribution in [0.15, 0.2) is 12.7 Å². The lowest BCUT2D eigenvalue weighted by atomic mass is 10.2. The van der Waals surface area contributed by atoms with Gasteiger partial charge in [-0.05, 0) is 40.0 Å². The molecule has 0 aromatic carbocycles. The van der Waals surface area contributed by atoms with Crippen LogP contribution in [0.5, 0.6) is 0 Å². The molecular formula is C14H28NO2+. The van der Waals surface area contributed by atoms with Crippen molar-refractivity contribution in [2.75, 3.05) is 32.8 Å². The molecule has 100 valence electrons. The Hall–Kier alpha value is -0.830. The third-order valence-electron chi connectivity index (χ3n) is 3.70. The topological polar surface area (TPSA) is 26.3 Å². The number of carbonyl (C=O) groups is 1. The summed E-state index contributed by atoms with van der Waals surface area (Å²) in [6.07, 6.45) is 4.51. The highest BCUT2D eigenvalue weighted by molar-refractivity contribution is 5.81. The fraction of sp³-hybridized carbons (Fsp3) is 0.786. The van der Waals surface area contributed by atoms with E-state index in [1.807, 2.05) is 0 Å². The Bertz CT molecular complexity index is 214. The minimum absolute atomic E-state index is 0.314. The molecule has 0 saturated carbocycles. The summed E-state index contributed by atoms with van der Waals surface area (Å²) in [5.41, 5.74) is 0. The van der Waals surface area contributed by atoms with E-state index in [4.69, 9.17) is 4.74 Å². The molecule has 0 spiro atoms. The minimum atomic E-state index is -0.314. The molecule has 0 rings (SSSR count). The average molecular weight is 242 g/mol. The molecule has 0 heterocycles. The maximum atomic E-state index is 10.8. The lowest BCUT2D eigenvalue weighted by molar-refractivity contribution is -0.923. The van der Waals surface area contributed by atoms with Crippen molar-refractivity contribution in [3.8, 4) is 0 Å². The van der Waals surface area contributed by atoms with E-state index in [9.17, 15) is 4.79 Å². The van der Waals surface area contributed by atoms with Crippen LogP contribution >= 0.6 is 0 Å². The molecule has 3 heteroatoms. The fourth-order valence-electron chi connectivity index (χ4n) is 2.10. The molecule has 17 heavy (non-hydrogen) atoms. The van der Waals surface area contributed by atoms with Crippen molar-refractivity contribution in [1.82, 2.24) is 0 Å². The van der Waals surface area contributed by atoms with E-state index >= 15 is 0 Å². The highest BCUT2D eigenvalue weighted by Gasteiger charge is 2.19. The van der Waals surface area contributed by atoms with Gasteiger partial charge >= 0.3 is 5.97 Å². The van der Waals surface area contributed by atoms with Crippen LogP contribution in [0.2, 0.25) is 0 Å². The van der Waals surface area contributed by atoms with E-state index in [0.29, 0.717) is 6.61 Å². The Kier molecular flexibility index (Phi) is 8.78. The molecule has 0 aromatic rings. The molecule has 0 bridgehead atoms. The zero-order valence-electron chi connectivity index (χ0n) is 11.7. The maximum Gasteiger partial charge on any atom is 0.330 e. The molecule has 0 aliphatic rings. The second-order valence-corrected chi connectivity index (χ2v) is 4.45. The van der Waals surface area contributed by atoms with Gasteiger partial charge in [0.15, 0.2) is 0 Å². The van der Waals surface area contributed by atoms with Gasteiger partial charge in [0.2, 0.25) is 0 Å². The number of unbranched alkanes of at least 4 members (excludes halogenated alkanes) is 2. The Morgan fingerprint density at radius 2 is 1.71 bits per heavy atom. The van der Waals surface area contributed by atoms with E-state index in [1.54, 1.807) is 0 Å². The van der Waals surface area contributed by atoms with Gasteiger partial charge in [0.1, 0.15) is 0 Å². The van der Waals surface area contributed by atoms with Crippen molar-refractivity contribution in [2.45, 2.75) is 40.0 Å². The number of hydrogen-bond acceptors (Lipinski definition) is 2. The van der Waals surface area contributed by atoms with Crippen molar-refractivity contribution in [3.63, 3.8) is 0 Å². The van der Waals surface area contributed by atoms with Crippen molar-refractivity contribution in [1.29, 1.82) is 0 Å². The van der Waals surface area contributed by atoms with Crippen LogP contribution in [0, 0.1) is 0 Å². The molecule has 0 saturated heterocycles. The zero-order chi connectivity index (χ0) is 13.1. The van der Waals surface area contributed by atoms with Gasteiger partial charge in [-0.15, -0.1) is 0 Å². The van der Waals surface area contributed by atoms with Crippen LogP contribution in [0.4, 0.5) is 0 Å². The first-order chi connectivity index (χ1) is 8.14. The van der Waals surface area contributed by atoms with E-state index in [0.717, 1.165) is 12.8 Å². The standard InChI is InChI=1S/C14H28NO2/c1-5-14(16)17-13-11-9-10-12-15(6-2,7-3)8-4/h5H,1,6-13H2,2-4H3/q+1. The lowest BCUT2D eigenvalue weighted by Gasteiger charge is -2.35. The summed E-state index contributed by atoms with van der Waals surface area (Å²) in [4.78, 5) is 10.8. The average Bonchev–Trinajstić information content (AvgIpc) is 2.38. The number of nitrogens with zero attached hydrogens (tertiary/aromatic N) is 1. The summed E-state index contributed by atoms with van der Waals surface area (Å²) in [6.45, 7) is 15.5. The smallest absolute Gasteiger partial charge is 0.330 e. The summed E-state index contributed by atoms with van der Waals surface area (Å²) in [7, 11) is 0. The highest BCUT2D eigenvalue weighted by atomic mass is 16.5. The van der Waals surface area contributed by atoms with Gasteiger partial charge in [0.25, 0.3) is 0 Å². The number of hydrogen-bond donors (Lipinski definition) is 0. The molecule has 0 atom stereocenters. The minimum Gasteiger partial charge on any atom is -0.463 e. The van der Waals surface area contributed by atoms with Crippen LogP contribution in [-0.2, 0) is 9.53 Å². The van der Waals surface area contributed by atoms with Crippen molar-refractivity contribution >= 4 is 5.97 Å². The first-order valence-corrected chi connectivity index (χ1v) is 6.78. The second kappa shape index (κ2) is 9.23. The number of ether oxygens (including phenoxy) is 1. The highest BCUT2D eigenvalue weighted by Crippen LogP contribution is 2.09. The predicted molar refractivity (Wildman–Crippen MR) is 71.8 cm³/mol. The zero-order valence-corrected chi connectivity index (χ0v) is 11.7. The molecular weight excluding hydrogens is 214 g/mol. The molecule has 0 fully saturated rings. The van der Waals surface area contributed by atoms with Gasteiger partial charge in [-0.3, -0.25) is 0 Å². The maximum absolute atomic E-state index is 10.8. The quantitative estimate of drug-likeness (QED) is 0.255. The number of rotatable bonds is 10. The largest absolute Gasteiger partial charge is 0.463 e. The van der Waals surface area contributed by atoms with Crippen LogP contribution in [0.3, 0.4) is 0 Å². The molecule has 0 aromatic heterocycles. The molecule has 3 nitrogen and oxygen atoms in total. The van der Waals surface area contributed by atoms with Crippen LogP contribution in [-0.4, -0.2) is 43.2 Å². The van der Waals surface area contributed by atoms with Gasteiger partial charge in [-0.1, -0.05) is 6.58 Å². The third-order valence-corrected chi connectivity index (χ3v) is 3.70. The SMILES string of the molecule is C=CC(=O)OCCCCC[N+](CC)(CC)CC. The summed E-state index contributed by atoms with van der Waals surface area (Å²) >= 11 is 0. The molecule has 0 aliphatic heterocycles. The Morgan fingerprint density at radius 3 is 2.18 bits per heavy atom. The van der Waals surface area contributed by atoms with Crippen LogP contribution in [0.1, 0.15) is 40.0 Å². The van der Waals surface area contributed by atoms with E-state index < -0.39 is 0 Å². The molecule has 0 aliphatic carbocycles. The van der Waals surface area contributed by atoms with E-state index in [-0.39, 0.29) is 5.97 Å². The summed E-state index contributed by atoms with van der Waals surface area (Å²) in [5.74, 6) is -0.314. The van der Waals surface area contributed by atoms with Gasteiger partial charge < -0.3 is 9.22 Å². The Balaban J connectivity index is 3.62. The third kappa shape index (κ3) is 6.47. The summed E-state index contributed by atoms with van der Waals surface area (Å²) in [5, 5.41) is 0. The van der Waals surface area contributed by atoms with Gasteiger partial charge in [-0.25, -0.2) is 4.79 Å². The van der Waals surface area contributed by atoms with Gasteiger partial charge in [0, 0.05) is 6.08 Å². The Morgan fingerprint density at radius 1 is 1.12 bits per heavy atom. The van der Waals surface area contributed by atoms with E-state index in [1.165, 1.54) is 43.2 Å². The molecule has 0 amide bonds. The lowest BCUT2D eigenvalue weighted by Crippen LogP contribution is -2.48. The number of quaternary nitrogens is 1. The van der Waals surface area contributed by atoms with Gasteiger partial charge in [0.05, 0.1) is 32.8 Å². The molecule has 0 N–H and O–H groups in total. The van der Waals surface area contributed by atoms with Crippen molar-refractivity contribution in [2.24, 2.45) is 0 Å². The second-order valence-electron chi connectivity index (χ2n) is 4.45. The number of carbonyl (C=O) groups excluding carboxylic acids is 1. The first-order valence-electron chi connectivity index (χ1n) is 6.78. The van der Waals surface area contributed by atoms with Crippen molar-refractivity contribution in [3.05, 3.63) is 12.7 Å². The van der Waals surface area contributed by atoms with Gasteiger partial charge in [-0.2, -0.15) is 0 Å². The van der Waals surface area contributed by atoms with Crippen LogP contribution in [0.25, 0.3) is 0 Å². The first kappa shape index (κ1) is 16.2. The fourth-order valence-corrected chi connectivity index (χ4v) is 2.10. The molecule has 0 unspecified atom stereocenters. The van der Waals surface area contributed by atoms with E-state index in [2.05, 4.69) is 27.4 Å².